The predicted octanol–water partition coefficient (Wildman–Crippen LogP) is 3.97. The molecule has 0 radical (unpaired) electrons. The van der Waals surface area contributed by atoms with E-state index in [0.717, 1.165) is 22.2 Å². The third kappa shape index (κ3) is 3.08. The molecule has 2 heterocycles. The number of amides is 1. The minimum atomic E-state index is 0.0458. The van der Waals surface area contributed by atoms with Crippen molar-refractivity contribution in [1.82, 2.24) is 14.9 Å². The average molecular weight is 319 g/mol. The number of carbonyl (C=O) groups is 1. The first-order valence-electron chi connectivity index (χ1n) is 8.23. The number of nitrogens with zero attached hydrogens (tertiary/aromatic N) is 2. The van der Waals surface area contributed by atoms with Gasteiger partial charge < -0.3 is 9.88 Å². The molecule has 3 rings (SSSR count). The molecule has 0 saturated heterocycles. The summed E-state index contributed by atoms with van der Waals surface area (Å²) in [6.45, 7) is 5.38. The Kier molecular flexibility index (Phi) is 4.75. The molecular weight excluding hydrogens is 298 g/mol. The first kappa shape index (κ1) is 16.0. The van der Waals surface area contributed by atoms with Gasteiger partial charge in [0.1, 0.15) is 5.65 Å². The first-order chi connectivity index (χ1) is 11.7. The van der Waals surface area contributed by atoms with Gasteiger partial charge in [0.2, 0.25) is 0 Å². The lowest BCUT2D eigenvalue weighted by Crippen LogP contribution is -2.31. The number of fused-ring (bicyclic) bond motifs is 1. The summed E-state index contributed by atoms with van der Waals surface area (Å²) in [7, 11) is 0. The van der Waals surface area contributed by atoms with E-state index in [1.54, 1.807) is 6.20 Å². The van der Waals surface area contributed by atoms with Gasteiger partial charge in [-0.15, -0.1) is 0 Å². The maximum atomic E-state index is 13.0. The fourth-order valence-corrected chi connectivity index (χ4v) is 2.82. The molecule has 1 amide bonds. The van der Waals surface area contributed by atoms with Crippen LogP contribution in [-0.2, 0) is 4.79 Å². The molecule has 0 atom stereocenters. The lowest BCUT2D eigenvalue weighted by molar-refractivity contribution is -0.124. The summed E-state index contributed by atoms with van der Waals surface area (Å²) < 4.78 is 0. The molecule has 2 aromatic heterocycles. The summed E-state index contributed by atoms with van der Waals surface area (Å²) in [6.07, 6.45) is 5.61. The third-order valence-corrected chi connectivity index (χ3v) is 4.15. The molecule has 0 aliphatic rings. The Balaban J connectivity index is 2.12. The Morgan fingerprint density at radius 2 is 1.88 bits per heavy atom. The van der Waals surface area contributed by atoms with Crippen LogP contribution in [0, 0.1) is 0 Å². The highest BCUT2D eigenvalue weighted by Crippen LogP contribution is 2.24. The first-order valence-corrected chi connectivity index (χ1v) is 8.23. The van der Waals surface area contributed by atoms with Gasteiger partial charge >= 0.3 is 0 Å². The minimum absolute atomic E-state index is 0.0458. The van der Waals surface area contributed by atoms with Gasteiger partial charge in [-0.3, -0.25) is 4.79 Å². The minimum Gasteiger partial charge on any atom is -0.346 e. The van der Waals surface area contributed by atoms with Gasteiger partial charge in [0.25, 0.3) is 5.91 Å². The molecule has 0 unspecified atom stereocenters. The number of H-pyrrole nitrogens is 1. The van der Waals surface area contributed by atoms with Crippen LogP contribution in [-0.4, -0.2) is 33.9 Å². The van der Waals surface area contributed by atoms with Gasteiger partial charge in [-0.2, -0.15) is 0 Å². The van der Waals surface area contributed by atoms with E-state index in [2.05, 4.69) is 9.97 Å². The van der Waals surface area contributed by atoms with Crippen LogP contribution in [0.4, 0.5) is 0 Å². The second-order valence-corrected chi connectivity index (χ2v) is 5.55. The van der Waals surface area contributed by atoms with Crippen LogP contribution in [0.1, 0.15) is 25.0 Å². The van der Waals surface area contributed by atoms with Gasteiger partial charge in [0.05, 0.1) is 0 Å². The van der Waals surface area contributed by atoms with E-state index in [0.29, 0.717) is 18.7 Å². The second kappa shape index (κ2) is 7.13. The van der Waals surface area contributed by atoms with Crippen LogP contribution in [0.15, 0.2) is 54.9 Å². The normalized spacial score (nSPS) is 11.7. The van der Waals surface area contributed by atoms with E-state index < -0.39 is 0 Å². The highest BCUT2D eigenvalue weighted by Gasteiger charge is 2.18. The summed E-state index contributed by atoms with van der Waals surface area (Å²) in [5.74, 6) is 0.0458. The Morgan fingerprint density at radius 1 is 1.12 bits per heavy atom. The average Bonchev–Trinajstić information content (AvgIpc) is 3.04. The quantitative estimate of drug-likeness (QED) is 0.723. The highest BCUT2D eigenvalue weighted by molar-refractivity contribution is 6.24. The number of nitrogens with one attached hydrogen (secondary N) is 1. The number of aromatic amines is 1. The molecule has 0 saturated carbocycles. The molecule has 4 nitrogen and oxygen atoms in total. The van der Waals surface area contributed by atoms with Gasteiger partial charge in [0.15, 0.2) is 0 Å². The number of rotatable bonds is 5. The zero-order valence-corrected chi connectivity index (χ0v) is 14.0. The molecule has 0 spiro atoms. The molecule has 1 N–H and O–H groups in total. The van der Waals surface area contributed by atoms with Crippen molar-refractivity contribution in [1.29, 1.82) is 0 Å². The standard InChI is InChI=1S/C20H21N3O/c1-3-23(4-2)20(24)18(15-9-6-5-7-10-15)13-16-14-22-19-17(16)11-8-12-21-19/h5-14H,3-4H2,1-2H3,(H,21,22)/b18-13+. The highest BCUT2D eigenvalue weighted by atomic mass is 16.2. The SMILES string of the molecule is CCN(CC)C(=O)/C(=C/c1c[nH]c2ncccc12)c1ccccc1. The van der Waals surface area contributed by atoms with Crippen molar-refractivity contribution in [3.63, 3.8) is 0 Å². The summed E-state index contributed by atoms with van der Waals surface area (Å²) in [5.41, 5.74) is 3.42. The van der Waals surface area contributed by atoms with Crippen LogP contribution in [0.5, 0.6) is 0 Å². The van der Waals surface area contributed by atoms with Crippen molar-refractivity contribution >= 4 is 28.6 Å². The molecule has 0 aliphatic carbocycles. The maximum Gasteiger partial charge on any atom is 0.254 e. The van der Waals surface area contributed by atoms with Crippen LogP contribution >= 0.6 is 0 Å². The van der Waals surface area contributed by atoms with Crippen molar-refractivity contribution in [2.75, 3.05) is 13.1 Å². The topological polar surface area (TPSA) is 49.0 Å². The Bertz CT molecular complexity index is 861. The molecule has 4 heteroatoms. The largest absolute Gasteiger partial charge is 0.346 e. The van der Waals surface area contributed by atoms with Crippen LogP contribution in [0.25, 0.3) is 22.7 Å². The zero-order valence-electron chi connectivity index (χ0n) is 14.0. The van der Waals surface area contributed by atoms with E-state index in [-0.39, 0.29) is 5.91 Å². The van der Waals surface area contributed by atoms with Gasteiger partial charge in [0, 0.05) is 42.0 Å². The van der Waals surface area contributed by atoms with Crippen molar-refractivity contribution in [3.8, 4) is 0 Å². The molecule has 24 heavy (non-hydrogen) atoms. The summed E-state index contributed by atoms with van der Waals surface area (Å²) in [6, 6.07) is 13.7. The third-order valence-electron chi connectivity index (χ3n) is 4.15. The van der Waals surface area contributed by atoms with E-state index in [9.17, 15) is 4.79 Å². The molecule has 3 aromatic rings. The summed E-state index contributed by atoms with van der Waals surface area (Å²) in [5, 5.41) is 1.01. The number of hydrogen-bond donors (Lipinski definition) is 1. The molecule has 122 valence electrons. The molecule has 0 aliphatic heterocycles. The molecule has 0 fully saturated rings. The molecule has 0 bridgehead atoms. The maximum absolute atomic E-state index is 13.0. The zero-order chi connectivity index (χ0) is 16.9. The molecular formula is C20H21N3O. The summed E-state index contributed by atoms with van der Waals surface area (Å²) >= 11 is 0. The lowest BCUT2D eigenvalue weighted by atomic mass is 10.0. The predicted molar refractivity (Wildman–Crippen MR) is 98.3 cm³/mol. The molecule has 1 aromatic carbocycles. The van der Waals surface area contributed by atoms with Crippen LogP contribution in [0.3, 0.4) is 0 Å². The van der Waals surface area contributed by atoms with E-state index in [4.69, 9.17) is 0 Å². The van der Waals surface area contributed by atoms with Crippen molar-refractivity contribution < 1.29 is 4.79 Å². The van der Waals surface area contributed by atoms with E-state index in [1.807, 2.05) is 73.5 Å². The van der Waals surface area contributed by atoms with Gasteiger partial charge in [-0.05, 0) is 37.6 Å². The van der Waals surface area contributed by atoms with E-state index in [1.165, 1.54) is 0 Å². The van der Waals surface area contributed by atoms with Crippen LogP contribution in [0.2, 0.25) is 0 Å². The Hall–Kier alpha value is -2.88. The van der Waals surface area contributed by atoms with Gasteiger partial charge in [-0.25, -0.2) is 4.98 Å². The Morgan fingerprint density at radius 3 is 2.58 bits per heavy atom. The van der Waals surface area contributed by atoms with E-state index >= 15 is 0 Å². The number of aromatic nitrogens is 2. The number of hydrogen-bond acceptors (Lipinski definition) is 2. The monoisotopic (exact) mass is 319 g/mol. The second-order valence-electron chi connectivity index (χ2n) is 5.55. The van der Waals surface area contributed by atoms with Crippen molar-refractivity contribution in [3.05, 3.63) is 66.0 Å². The number of likely N-dealkylation sites (N-methyl/N-ethyl adjacent to an activating group) is 1. The van der Waals surface area contributed by atoms with Crippen molar-refractivity contribution in [2.24, 2.45) is 0 Å². The smallest absolute Gasteiger partial charge is 0.254 e. The number of benzene rings is 1. The number of carbonyl (C=O) groups excluding carboxylic acids is 1. The lowest BCUT2D eigenvalue weighted by Gasteiger charge is -2.20. The van der Waals surface area contributed by atoms with Gasteiger partial charge in [-0.1, -0.05) is 30.3 Å². The van der Waals surface area contributed by atoms with Crippen molar-refractivity contribution in [2.45, 2.75) is 13.8 Å². The number of pyridine rings is 1. The fourth-order valence-electron chi connectivity index (χ4n) is 2.82. The Labute approximate surface area is 141 Å². The summed E-state index contributed by atoms with van der Waals surface area (Å²) in [4.78, 5) is 22.3. The fraction of sp³-hybridized carbons (Fsp3) is 0.200. The van der Waals surface area contributed by atoms with Crippen LogP contribution < -0.4 is 0 Å².